The number of hydrogen-bond donors (Lipinski definition) is 1. The molecule has 1 N–H and O–H groups in total. The summed E-state index contributed by atoms with van der Waals surface area (Å²) in [5.74, 6) is 0.128. The second-order valence-electron chi connectivity index (χ2n) is 5.39. The molecule has 0 aromatic carbocycles. The Hall–Kier alpha value is -1.25. The van der Waals surface area contributed by atoms with Crippen LogP contribution < -0.4 is 5.32 Å². The highest BCUT2D eigenvalue weighted by molar-refractivity contribution is 9.10. The summed E-state index contributed by atoms with van der Waals surface area (Å²) in [6.07, 6.45) is 7.46. The molecule has 1 aliphatic heterocycles. The van der Waals surface area contributed by atoms with Crippen molar-refractivity contribution >= 4 is 38.3 Å². The number of likely N-dealkylation sites (tertiary alicyclic amines) is 1. The summed E-state index contributed by atoms with van der Waals surface area (Å²) >= 11 is 4.85. The third kappa shape index (κ3) is 4.15. The number of thiazole rings is 1. The molecule has 2 aromatic rings. The molecule has 0 aliphatic carbocycles. The Kier molecular flexibility index (Phi) is 5.22. The van der Waals surface area contributed by atoms with Crippen LogP contribution in [0.4, 0.5) is 5.13 Å². The predicted molar refractivity (Wildman–Crippen MR) is 89.8 cm³/mol. The van der Waals surface area contributed by atoms with Crippen LogP contribution in [0.15, 0.2) is 28.4 Å². The van der Waals surface area contributed by atoms with E-state index in [0.717, 1.165) is 43.5 Å². The van der Waals surface area contributed by atoms with Gasteiger partial charge in [-0.1, -0.05) is 0 Å². The first-order valence-electron chi connectivity index (χ1n) is 7.31. The van der Waals surface area contributed by atoms with Gasteiger partial charge < -0.3 is 10.2 Å². The number of rotatable bonds is 5. The number of anilines is 1. The number of halogens is 1. The van der Waals surface area contributed by atoms with Gasteiger partial charge in [-0.25, -0.2) is 4.98 Å². The predicted octanol–water partition coefficient (Wildman–Crippen LogP) is 2.45. The quantitative estimate of drug-likeness (QED) is 0.860. The zero-order valence-corrected chi connectivity index (χ0v) is 14.5. The first-order valence-corrected chi connectivity index (χ1v) is 8.98. The van der Waals surface area contributed by atoms with Gasteiger partial charge in [-0.05, 0) is 35.3 Å². The molecule has 0 spiro atoms. The zero-order chi connectivity index (χ0) is 15.4. The summed E-state index contributed by atoms with van der Waals surface area (Å²) in [5.41, 5.74) is 0. The number of aromatic nitrogens is 3. The molecule has 1 amide bonds. The first-order chi connectivity index (χ1) is 10.7. The van der Waals surface area contributed by atoms with Crippen LogP contribution in [0.25, 0.3) is 0 Å². The standard InChI is InChI=1S/C14H18BrN5OS/c15-12-8-17-20(10-12)6-5-19-4-1-2-11(9-19)13(21)18-14-16-3-7-22-14/h3,7-8,10-11H,1-2,4-6,9H2,(H,16,18,21)/t11-/m0/s1. The Labute approximate surface area is 141 Å². The normalized spacial score (nSPS) is 19.2. The molecule has 0 saturated carbocycles. The van der Waals surface area contributed by atoms with Crippen molar-refractivity contribution in [1.82, 2.24) is 19.7 Å². The van der Waals surface area contributed by atoms with E-state index >= 15 is 0 Å². The lowest BCUT2D eigenvalue weighted by molar-refractivity contribution is -0.121. The van der Waals surface area contributed by atoms with Gasteiger partial charge in [0.05, 0.1) is 23.1 Å². The fraction of sp³-hybridized carbons (Fsp3) is 0.500. The second-order valence-corrected chi connectivity index (χ2v) is 7.20. The van der Waals surface area contributed by atoms with Crippen molar-refractivity contribution in [1.29, 1.82) is 0 Å². The van der Waals surface area contributed by atoms with Gasteiger partial charge in [0.1, 0.15) is 0 Å². The Morgan fingerprint density at radius 1 is 1.50 bits per heavy atom. The summed E-state index contributed by atoms with van der Waals surface area (Å²) in [6, 6.07) is 0. The van der Waals surface area contributed by atoms with Crippen molar-refractivity contribution in [2.45, 2.75) is 19.4 Å². The van der Waals surface area contributed by atoms with Crippen molar-refractivity contribution in [3.63, 3.8) is 0 Å². The van der Waals surface area contributed by atoms with Gasteiger partial charge in [0, 0.05) is 30.9 Å². The van der Waals surface area contributed by atoms with E-state index in [1.54, 1.807) is 12.4 Å². The Bertz CT molecular complexity index is 615. The van der Waals surface area contributed by atoms with Crippen LogP contribution in [0, 0.1) is 5.92 Å². The largest absolute Gasteiger partial charge is 0.302 e. The van der Waals surface area contributed by atoms with Crippen LogP contribution in [-0.2, 0) is 11.3 Å². The van der Waals surface area contributed by atoms with Crippen molar-refractivity contribution in [3.8, 4) is 0 Å². The number of piperidine rings is 1. The minimum absolute atomic E-state index is 0.0435. The molecule has 0 radical (unpaired) electrons. The highest BCUT2D eigenvalue weighted by Gasteiger charge is 2.26. The Balaban J connectivity index is 1.49. The average Bonchev–Trinajstić information content (AvgIpc) is 3.17. The van der Waals surface area contributed by atoms with Gasteiger partial charge in [-0.3, -0.25) is 9.48 Å². The third-order valence-corrected chi connectivity index (χ3v) is 4.88. The molecule has 6 nitrogen and oxygen atoms in total. The van der Waals surface area contributed by atoms with Gasteiger partial charge in [-0.2, -0.15) is 5.10 Å². The number of nitrogens with one attached hydrogen (secondary N) is 1. The van der Waals surface area contributed by atoms with Gasteiger partial charge >= 0.3 is 0 Å². The first kappa shape index (κ1) is 15.6. The van der Waals surface area contributed by atoms with Crippen LogP contribution in [-0.4, -0.2) is 45.2 Å². The monoisotopic (exact) mass is 383 g/mol. The Morgan fingerprint density at radius 3 is 3.14 bits per heavy atom. The lowest BCUT2D eigenvalue weighted by Gasteiger charge is -2.31. The van der Waals surface area contributed by atoms with Crippen LogP contribution in [0.1, 0.15) is 12.8 Å². The third-order valence-electron chi connectivity index (χ3n) is 3.79. The van der Waals surface area contributed by atoms with Gasteiger partial charge in [0.2, 0.25) is 5.91 Å². The summed E-state index contributed by atoms with van der Waals surface area (Å²) in [7, 11) is 0. The molecule has 0 unspecified atom stereocenters. The highest BCUT2D eigenvalue weighted by Crippen LogP contribution is 2.19. The molecule has 118 valence electrons. The molecule has 1 aliphatic rings. The van der Waals surface area contributed by atoms with E-state index in [4.69, 9.17) is 0 Å². The van der Waals surface area contributed by atoms with Crippen LogP contribution >= 0.6 is 27.3 Å². The lowest BCUT2D eigenvalue weighted by Crippen LogP contribution is -2.42. The number of hydrogen-bond acceptors (Lipinski definition) is 5. The summed E-state index contributed by atoms with van der Waals surface area (Å²) in [4.78, 5) is 18.7. The number of amides is 1. The smallest absolute Gasteiger partial charge is 0.230 e. The van der Waals surface area contributed by atoms with Gasteiger partial charge in [0.25, 0.3) is 0 Å². The maximum atomic E-state index is 12.3. The zero-order valence-electron chi connectivity index (χ0n) is 12.1. The van der Waals surface area contributed by atoms with Crippen molar-refractivity contribution in [2.24, 2.45) is 5.92 Å². The van der Waals surface area contributed by atoms with E-state index in [9.17, 15) is 4.79 Å². The summed E-state index contributed by atoms with van der Waals surface area (Å²) in [5, 5.41) is 9.72. The summed E-state index contributed by atoms with van der Waals surface area (Å²) < 4.78 is 2.91. The van der Waals surface area contributed by atoms with E-state index in [0.29, 0.717) is 5.13 Å². The molecule has 22 heavy (non-hydrogen) atoms. The molecule has 0 bridgehead atoms. The van der Waals surface area contributed by atoms with Crippen LogP contribution in [0.3, 0.4) is 0 Å². The molecular weight excluding hydrogens is 366 g/mol. The fourth-order valence-corrected chi connectivity index (χ4v) is 3.53. The van der Waals surface area contributed by atoms with Crippen molar-refractivity contribution in [3.05, 3.63) is 28.4 Å². The second kappa shape index (κ2) is 7.34. The minimum atomic E-state index is 0.0435. The average molecular weight is 384 g/mol. The minimum Gasteiger partial charge on any atom is -0.302 e. The fourth-order valence-electron chi connectivity index (χ4n) is 2.67. The van der Waals surface area contributed by atoms with E-state index in [2.05, 4.69) is 36.2 Å². The number of nitrogens with zero attached hydrogens (tertiary/aromatic N) is 4. The van der Waals surface area contributed by atoms with Gasteiger partial charge in [0.15, 0.2) is 5.13 Å². The van der Waals surface area contributed by atoms with Gasteiger partial charge in [-0.15, -0.1) is 11.3 Å². The molecule has 8 heteroatoms. The summed E-state index contributed by atoms with van der Waals surface area (Å²) in [6.45, 7) is 3.60. The number of carbonyl (C=O) groups is 1. The van der Waals surface area contributed by atoms with E-state index in [1.807, 2.05) is 16.3 Å². The SMILES string of the molecule is O=C(Nc1nccs1)[C@H]1CCCN(CCn2cc(Br)cn2)C1. The number of carbonyl (C=O) groups excluding carboxylic acids is 1. The molecule has 3 rings (SSSR count). The van der Waals surface area contributed by atoms with E-state index in [-0.39, 0.29) is 11.8 Å². The van der Waals surface area contributed by atoms with Crippen molar-refractivity contribution in [2.75, 3.05) is 25.0 Å². The molecular formula is C14H18BrN5OS. The van der Waals surface area contributed by atoms with E-state index < -0.39 is 0 Å². The highest BCUT2D eigenvalue weighted by atomic mass is 79.9. The lowest BCUT2D eigenvalue weighted by atomic mass is 9.97. The molecule has 3 heterocycles. The van der Waals surface area contributed by atoms with E-state index in [1.165, 1.54) is 11.3 Å². The maximum Gasteiger partial charge on any atom is 0.230 e. The molecule has 1 saturated heterocycles. The Morgan fingerprint density at radius 2 is 2.41 bits per heavy atom. The molecule has 1 fully saturated rings. The topological polar surface area (TPSA) is 63.1 Å². The molecule has 2 aromatic heterocycles. The van der Waals surface area contributed by atoms with Crippen molar-refractivity contribution < 1.29 is 4.79 Å². The molecule has 1 atom stereocenters. The maximum absolute atomic E-state index is 12.3. The van der Waals surface area contributed by atoms with Crippen LogP contribution in [0.2, 0.25) is 0 Å². The van der Waals surface area contributed by atoms with Crippen LogP contribution in [0.5, 0.6) is 0 Å².